The van der Waals surface area contributed by atoms with Crippen LogP contribution >= 0.6 is 11.3 Å². The Labute approximate surface area is 207 Å². The number of hydrogen-bond donors (Lipinski definition) is 0. The number of aromatic nitrogens is 1. The van der Waals surface area contributed by atoms with E-state index in [9.17, 15) is 26.4 Å². The Kier molecular flexibility index (Phi) is 8.62. The van der Waals surface area contributed by atoms with E-state index in [1.54, 1.807) is 43.3 Å². The first-order chi connectivity index (χ1) is 16.5. The standard InChI is InChI=1S/C23H26N2O7S3/c1-3-32-22(27)15-25-19-12-11-18(34(2,28)29)14-20(19)33-23(25)24-21(26)10-7-13-35(30,31)16-17-8-5-4-6-9-17/h4-6,8-9,11-12,14H,3,7,10,13,15-16H2,1-2H3. The summed E-state index contributed by atoms with van der Waals surface area (Å²) in [6.45, 7) is 1.65. The average molecular weight is 539 g/mol. The predicted molar refractivity (Wildman–Crippen MR) is 133 cm³/mol. The van der Waals surface area contributed by atoms with Crippen LogP contribution in [0, 0.1) is 0 Å². The van der Waals surface area contributed by atoms with Crippen molar-refractivity contribution in [2.45, 2.75) is 37.0 Å². The van der Waals surface area contributed by atoms with Crippen molar-refractivity contribution in [3.63, 3.8) is 0 Å². The van der Waals surface area contributed by atoms with E-state index in [1.807, 2.05) is 0 Å². The van der Waals surface area contributed by atoms with Crippen LogP contribution in [0.1, 0.15) is 25.3 Å². The van der Waals surface area contributed by atoms with Crippen molar-refractivity contribution < 1.29 is 31.2 Å². The molecule has 1 heterocycles. The van der Waals surface area contributed by atoms with E-state index in [0.717, 1.165) is 17.6 Å². The number of amides is 1. The van der Waals surface area contributed by atoms with Gasteiger partial charge in [-0.3, -0.25) is 9.59 Å². The monoisotopic (exact) mass is 538 g/mol. The number of nitrogens with zero attached hydrogens (tertiary/aromatic N) is 2. The Morgan fingerprint density at radius 3 is 2.43 bits per heavy atom. The van der Waals surface area contributed by atoms with Gasteiger partial charge in [0.25, 0.3) is 0 Å². The SMILES string of the molecule is CCOC(=O)Cn1c(=NC(=O)CCCS(=O)(=O)Cc2ccccc2)sc2cc(S(C)(=O)=O)ccc21. The molecule has 3 aromatic rings. The van der Waals surface area contributed by atoms with Crippen LogP contribution in [-0.2, 0) is 46.3 Å². The van der Waals surface area contributed by atoms with E-state index in [0.29, 0.717) is 15.8 Å². The van der Waals surface area contributed by atoms with Crippen molar-refractivity contribution >= 4 is 53.1 Å². The van der Waals surface area contributed by atoms with Crippen molar-refractivity contribution in [1.82, 2.24) is 4.57 Å². The Morgan fingerprint density at radius 1 is 1.06 bits per heavy atom. The number of carbonyl (C=O) groups is 2. The summed E-state index contributed by atoms with van der Waals surface area (Å²) in [5, 5.41) is 0. The summed E-state index contributed by atoms with van der Waals surface area (Å²) < 4.78 is 55.6. The highest BCUT2D eigenvalue weighted by atomic mass is 32.2. The van der Waals surface area contributed by atoms with Crippen LogP contribution in [0.3, 0.4) is 0 Å². The molecule has 0 aliphatic rings. The minimum Gasteiger partial charge on any atom is -0.465 e. The molecular formula is C23H26N2O7S3. The van der Waals surface area contributed by atoms with E-state index in [2.05, 4.69) is 4.99 Å². The Bertz CT molecular complexity index is 1500. The average Bonchev–Trinajstić information content (AvgIpc) is 3.09. The van der Waals surface area contributed by atoms with Crippen molar-refractivity contribution in [3.05, 3.63) is 58.9 Å². The first kappa shape index (κ1) is 26.8. The highest BCUT2D eigenvalue weighted by Crippen LogP contribution is 2.22. The van der Waals surface area contributed by atoms with Gasteiger partial charge in [-0.25, -0.2) is 16.8 Å². The second kappa shape index (κ2) is 11.3. The van der Waals surface area contributed by atoms with Crippen LogP contribution < -0.4 is 4.80 Å². The molecule has 0 N–H and O–H groups in total. The topological polar surface area (TPSA) is 129 Å². The normalized spacial score (nSPS) is 12.7. The van der Waals surface area contributed by atoms with Crippen LogP contribution in [-0.4, -0.2) is 51.9 Å². The Balaban J connectivity index is 1.81. The molecule has 2 aromatic carbocycles. The molecule has 0 atom stereocenters. The number of fused-ring (bicyclic) bond motifs is 1. The number of thiazole rings is 1. The molecule has 0 saturated carbocycles. The fourth-order valence-electron chi connectivity index (χ4n) is 3.36. The molecule has 0 spiro atoms. The van der Waals surface area contributed by atoms with E-state index in [-0.39, 0.29) is 47.2 Å². The first-order valence-corrected chi connectivity index (χ1v) is 15.3. The number of esters is 1. The summed E-state index contributed by atoms with van der Waals surface area (Å²) in [6.07, 6.45) is 1.11. The van der Waals surface area contributed by atoms with E-state index < -0.39 is 31.6 Å². The molecule has 1 amide bonds. The molecule has 0 aliphatic heterocycles. The summed E-state index contributed by atoms with van der Waals surface area (Å²) >= 11 is 1.07. The van der Waals surface area contributed by atoms with E-state index in [1.165, 1.54) is 16.7 Å². The second-order valence-electron chi connectivity index (χ2n) is 7.86. The number of hydrogen-bond acceptors (Lipinski definition) is 8. The number of sulfone groups is 2. The van der Waals surface area contributed by atoms with E-state index >= 15 is 0 Å². The molecule has 12 heteroatoms. The van der Waals surface area contributed by atoms with Gasteiger partial charge < -0.3 is 9.30 Å². The molecule has 0 saturated heterocycles. The maximum absolute atomic E-state index is 12.5. The van der Waals surface area contributed by atoms with Crippen LogP contribution in [0.5, 0.6) is 0 Å². The van der Waals surface area contributed by atoms with Crippen molar-refractivity contribution in [2.24, 2.45) is 4.99 Å². The van der Waals surface area contributed by atoms with Crippen LogP contribution in [0.15, 0.2) is 58.4 Å². The van der Waals surface area contributed by atoms with Gasteiger partial charge in [0.1, 0.15) is 6.54 Å². The second-order valence-corrected chi connectivity index (χ2v) is 13.1. The third-order valence-electron chi connectivity index (χ3n) is 4.97. The summed E-state index contributed by atoms with van der Waals surface area (Å²) in [4.78, 5) is 29.1. The zero-order valence-electron chi connectivity index (χ0n) is 19.3. The predicted octanol–water partition coefficient (Wildman–Crippen LogP) is 2.49. The van der Waals surface area contributed by atoms with Gasteiger partial charge in [-0.05, 0) is 37.1 Å². The smallest absolute Gasteiger partial charge is 0.326 e. The molecule has 9 nitrogen and oxygen atoms in total. The minimum absolute atomic E-state index is 0.0870. The molecule has 35 heavy (non-hydrogen) atoms. The number of ether oxygens (including phenoxy) is 1. The lowest BCUT2D eigenvalue weighted by atomic mass is 10.2. The Hall–Kier alpha value is -2.83. The lowest BCUT2D eigenvalue weighted by molar-refractivity contribution is -0.143. The van der Waals surface area contributed by atoms with Crippen LogP contribution in [0.25, 0.3) is 10.2 Å². The first-order valence-electron chi connectivity index (χ1n) is 10.8. The summed E-state index contributed by atoms with van der Waals surface area (Å²) in [6, 6.07) is 13.3. The van der Waals surface area contributed by atoms with Crippen LogP contribution in [0.2, 0.25) is 0 Å². The van der Waals surface area contributed by atoms with Gasteiger partial charge in [0.05, 0.1) is 33.2 Å². The zero-order chi connectivity index (χ0) is 25.6. The number of carbonyl (C=O) groups excluding carboxylic acids is 2. The maximum Gasteiger partial charge on any atom is 0.326 e. The number of rotatable bonds is 10. The highest BCUT2D eigenvalue weighted by Gasteiger charge is 2.16. The lowest BCUT2D eigenvalue weighted by Gasteiger charge is -2.06. The molecule has 0 unspecified atom stereocenters. The quantitative estimate of drug-likeness (QED) is 0.363. The van der Waals surface area contributed by atoms with Gasteiger partial charge in [-0.15, -0.1) is 0 Å². The van der Waals surface area contributed by atoms with Crippen molar-refractivity contribution in [2.75, 3.05) is 18.6 Å². The molecule has 0 radical (unpaired) electrons. The van der Waals surface area contributed by atoms with Gasteiger partial charge in [0.2, 0.25) is 5.91 Å². The van der Waals surface area contributed by atoms with Crippen molar-refractivity contribution in [1.29, 1.82) is 0 Å². The molecule has 3 rings (SSSR count). The molecule has 1 aromatic heterocycles. The Morgan fingerprint density at radius 2 is 1.77 bits per heavy atom. The minimum atomic E-state index is -3.45. The molecule has 0 fully saturated rings. The van der Waals surface area contributed by atoms with Crippen LogP contribution in [0.4, 0.5) is 0 Å². The molecular weight excluding hydrogens is 512 g/mol. The van der Waals surface area contributed by atoms with E-state index in [4.69, 9.17) is 4.74 Å². The lowest BCUT2D eigenvalue weighted by Crippen LogP contribution is -2.23. The summed E-state index contributed by atoms with van der Waals surface area (Å²) in [5.41, 5.74) is 1.22. The molecule has 0 bridgehead atoms. The fraction of sp³-hybridized carbons (Fsp3) is 0.348. The maximum atomic E-state index is 12.5. The molecule has 188 valence electrons. The van der Waals surface area contributed by atoms with Crippen molar-refractivity contribution in [3.8, 4) is 0 Å². The van der Waals surface area contributed by atoms with Gasteiger partial charge >= 0.3 is 5.97 Å². The van der Waals surface area contributed by atoms with Gasteiger partial charge in [-0.2, -0.15) is 4.99 Å². The summed E-state index contributed by atoms with van der Waals surface area (Å²) in [5.74, 6) is -1.32. The summed E-state index contributed by atoms with van der Waals surface area (Å²) in [7, 11) is -6.84. The third kappa shape index (κ3) is 7.58. The number of benzene rings is 2. The highest BCUT2D eigenvalue weighted by molar-refractivity contribution is 7.91. The third-order valence-corrected chi connectivity index (χ3v) is 8.81. The van der Waals surface area contributed by atoms with Gasteiger partial charge in [-0.1, -0.05) is 41.7 Å². The van der Waals surface area contributed by atoms with Gasteiger partial charge in [0, 0.05) is 12.7 Å². The zero-order valence-corrected chi connectivity index (χ0v) is 21.8. The van der Waals surface area contributed by atoms with Gasteiger partial charge in [0.15, 0.2) is 24.5 Å². The molecule has 0 aliphatic carbocycles. The fourth-order valence-corrected chi connectivity index (χ4v) is 6.60. The largest absolute Gasteiger partial charge is 0.465 e.